The molecule has 16 heavy (non-hydrogen) atoms. The molecule has 1 aliphatic rings. The topological polar surface area (TPSA) is 41.1 Å². The standard InChI is InChI=1S/C12H16N2OS/c1-9-3-2-4-10(5-9)6-13-12(15)11-7-16-8-14-11/h2-5,11,14H,6-8H2,1H3,(H,13,15)/t11-/m0/s1. The zero-order valence-corrected chi connectivity index (χ0v) is 10.1. The van der Waals surface area contributed by atoms with Gasteiger partial charge in [0.05, 0.1) is 6.04 Å². The molecule has 1 atom stereocenters. The van der Waals surface area contributed by atoms with Crippen LogP contribution in [-0.2, 0) is 11.3 Å². The molecule has 1 aromatic carbocycles. The molecule has 3 nitrogen and oxygen atoms in total. The first-order valence-electron chi connectivity index (χ1n) is 5.40. The van der Waals surface area contributed by atoms with Gasteiger partial charge in [0, 0.05) is 18.2 Å². The summed E-state index contributed by atoms with van der Waals surface area (Å²) < 4.78 is 0. The highest BCUT2D eigenvalue weighted by Crippen LogP contribution is 2.09. The molecule has 1 saturated heterocycles. The molecule has 0 aromatic heterocycles. The summed E-state index contributed by atoms with van der Waals surface area (Å²) in [6, 6.07) is 8.18. The minimum absolute atomic E-state index is 0.0187. The van der Waals surface area contributed by atoms with Crippen molar-refractivity contribution in [2.45, 2.75) is 19.5 Å². The average Bonchev–Trinajstić information content (AvgIpc) is 2.79. The maximum atomic E-state index is 11.7. The van der Waals surface area contributed by atoms with E-state index < -0.39 is 0 Å². The number of aryl methyl sites for hydroxylation is 1. The number of amides is 1. The van der Waals surface area contributed by atoms with E-state index in [1.807, 2.05) is 12.1 Å². The second-order valence-electron chi connectivity index (χ2n) is 3.98. The quantitative estimate of drug-likeness (QED) is 0.830. The van der Waals surface area contributed by atoms with Gasteiger partial charge in [-0.15, -0.1) is 11.8 Å². The SMILES string of the molecule is Cc1cccc(CNC(=O)[C@@H]2CSCN2)c1. The van der Waals surface area contributed by atoms with Gasteiger partial charge in [-0.05, 0) is 12.5 Å². The van der Waals surface area contributed by atoms with Crippen molar-refractivity contribution in [2.75, 3.05) is 11.6 Å². The molecule has 2 N–H and O–H groups in total. The van der Waals surface area contributed by atoms with Crippen molar-refractivity contribution in [3.05, 3.63) is 35.4 Å². The normalized spacial score (nSPS) is 19.7. The van der Waals surface area contributed by atoms with Gasteiger partial charge in [0.25, 0.3) is 0 Å². The maximum Gasteiger partial charge on any atom is 0.238 e. The smallest absolute Gasteiger partial charge is 0.238 e. The minimum atomic E-state index is -0.0187. The number of nitrogens with one attached hydrogen (secondary N) is 2. The summed E-state index contributed by atoms with van der Waals surface area (Å²) in [7, 11) is 0. The van der Waals surface area contributed by atoms with Crippen LogP contribution in [0.3, 0.4) is 0 Å². The van der Waals surface area contributed by atoms with Crippen molar-refractivity contribution >= 4 is 17.7 Å². The predicted octanol–water partition coefficient (Wildman–Crippen LogP) is 1.27. The molecule has 0 saturated carbocycles. The second-order valence-corrected chi connectivity index (χ2v) is 5.01. The Morgan fingerprint density at radius 2 is 2.50 bits per heavy atom. The molecule has 1 aromatic rings. The molecule has 1 amide bonds. The summed E-state index contributed by atoms with van der Waals surface area (Å²) in [6.07, 6.45) is 0. The number of hydrogen-bond donors (Lipinski definition) is 2. The van der Waals surface area contributed by atoms with E-state index in [4.69, 9.17) is 0 Å². The van der Waals surface area contributed by atoms with Crippen LogP contribution in [-0.4, -0.2) is 23.6 Å². The van der Waals surface area contributed by atoms with Crippen LogP contribution in [0, 0.1) is 6.92 Å². The number of carbonyl (C=O) groups excluding carboxylic acids is 1. The number of rotatable bonds is 3. The Morgan fingerprint density at radius 1 is 1.62 bits per heavy atom. The van der Waals surface area contributed by atoms with Gasteiger partial charge < -0.3 is 5.32 Å². The number of hydrogen-bond acceptors (Lipinski definition) is 3. The molecule has 0 aliphatic carbocycles. The van der Waals surface area contributed by atoms with E-state index >= 15 is 0 Å². The molecule has 1 heterocycles. The summed E-state index contributed by atoms with van der Waals surface area (Å²) in [5, 5.41) is 6.11. The summed E-state index contributed by atoms with van der Waals surface area (Å²) in [5.41, 5.74) is 2.38. The molecular weight excluding hydrogens is 220 g/mol. The lowest BCUT2D eigenvalue weighted by Crippen LogP contribution is -2.41. The van der Waals surface area contributed by atoms with Crippen LogP contribution in [0.2, 0.25) is 0 Å². The molecule has 2 rings (SSSR count). The van der Waals surface area contributed by atoms with E-state index in [2.05, 4.69) is 29.7 Å². The van der Waals surface area contributed by atoms with Gasteiger partial charge in [0.1, 0.15) is 0 Å². The lowest BCUT2D eigenvalue weighted by Gasteiger charge is -2.10. The van der Waals surface area contributed by atoms with Crippen LogP contribution in [0.5, 0.6) is 0 Å². The third kappa shape index (κ3) is 3.00. The van der Waals surface area contributed by atoms with E-state index in [1.165, 1.54) is 5.56 Å². The van der Waals surface area contributed by atoms with Crippen LogP contribution in [0.4, 0.5) is 0 Å². The summed E-state index contributed by atoms with van der Waals surface area (Å²) in [6.45, 7) is 2.67. The monoisotopic (exact) mass is 236 g/mol. The Bertz CT molecular complexity index is 375. The molecule has 1 fully saturated rings. The van der Waals surface area contributed by atoms with Crippen molar-refractivity contribution in [1.82, 2.24) is 10.6 Å². The highest BCUT2D eigenvalue weighted by atomic mass is 32.2. The maximum absolute atomic E-state index is 11.7. The third-order valence-electron chi connectivity index (χ3n) is 2.58. The first kappa shape index (κ1) is 11.5. The van der Waals surface area contributed by atoms with Gasteiger partial charge in [0.2, 0.25) is 5.91 Å². The molecule has 86 valence electrons. The molecule has 0 radical (unpaired) electrons. The van der Waals surface area contributed by atoms with Gasteiger partial charge in [-0.1, -0.05) is 29.8 Å². The Balaban J connectivity index is 1.84. The van der Waals surface area contributed by atoms with Gasteiger partial charge >= 0.3 is 0 Å². The molecule has 0 spiro atoms. The van der Waals surface area contributed by atoms with Crippen molar-refractivity contribution in [1.29, 1.82) is 0 Å². The summed E-state index contributed by atoms with van der Waals surface area (Å²) in [5.74, 6) is 1.86. The predicted molar refractivity (Wildman–Crippen MR) is 67.3 cm³/mol. The number of carbonyl (C=O) groups is 1. The first-order valence-corrected chi connectivity index (χ1v) is 6.55. The summed E-state index contributed by atoms with van der Waals surface area (Å²) in [4.78, 5) is 11.7. The van der Waals surface area contributed by atoms with E-state index in [1.54, 1.807) is 11.8 Å². The largest absolute Gasteiger partial charge is 0.351 e. The second kappa shape index (κ2) is 5.37. The Kier molecular flexibility index (Phi) is 3.85. The van der Waals surface area contributed by atoms with Crippen LogP contribution < -0.4 is 10.6 Å². The fourth-order valence-electron chi connectivity index (χ4n) is 1.70. The van der Waals surface area contributed by atoms with Gasteiger partial charge in [-0.2, -0.15) is 0 Å². The number of benzene rings is 1. The Labute approximate surface area is 100.0 Å². The fraction of sp³-hybridized carbons (Fsp3) is 0.417. The summed E-state index contributed by atoms with van der Waals surface area (Å²) >= 11 is 1.76. The van der Waals surface area contributed by atoms with Crippen LogP contribution in [0.25, 0.3) is 0 Å². The lowest BCUT2D eigenvalue weighted by molar-refractivity contribution is -0.122. The van der Waals surface area contributed by atoms with E-state index in [0.29, 0.717) is 6.54 Å². The minimum Gasteiger partial charge on any atom is -0.351 e. The zero-order valence-electron chi connectivity index (χ0n) is 9.32. The van der Waals surface area contributed by atoms with Crippen molar-refractivity contribution in [3.8, 4) is 0 Å². The highest BCUT2D eigenvalue weighted by molar-refractivity contribution is 7.99. The van der Waals surface area contributed by atoms with Crippen molar-refractivity contribution < 1.29 is 4.79 Å². The lowest BCUT2D eigenvalue weighted by atomic mass is 10.1. The average molecular weight is 236 g/mol. The van der Waals surface area contributed by atoms with Crippen LogP contribution in [0.15, 0.2) is 24.3 Å². The Hall–Kier alpha value is -1.00. The molecule has 0 bridgehead atoms. The van der Waals surface area contributed by atoms with E-state index in [0.717, 1.165) is 17.2 Å². The molecule has 4 heteroatoms. The van der Waals surface area contributed by atoms with E-state index in [-0.39, 0.29) is 11.9 Å². The Morgan fingerprint density at radius 3 is 3.19 bits per heavy atom. The van der Waals surface area contributed by atoms with Gasteiger partial charge in [0.15, 0.2) is 0 Å². The molecule has 1 aliphatic heterocycles. The van der Waals surface area contributed by atoms with Gasteiger partial charge in [-0.25, -0.2) is 0 Å². The molecular formula is C12H16N2OS. The van der Waals surface area contributed by atoms with Crippen molar-refractivity contribution in [2.24, 2.45) is 0 Å². The first-order chi connectivity index (χ1) is 7.75. The fourth-order valence-corrected chi connectivity index (χ4v) is 2.64. The van der Waals surface area contributed by atoms with Gasteiger partial charge in [-0.3, -0.25) is 10.1 Å². The third-order valence-corrected chi connectivity index (χ3v) is 3.52. The zero-order chi connectivity index (χ0) is 11.4. The van der Waals surface area contributed by atoms with Crippen molar-refractivity contribution in [3.63, 3.8) is 0 Å². The highest BCUT2D eigenvalue weighted by Gasteiger charge is 2.21. The van der Waals surface area contributed by atoms with E-state index in [9.17, 15) is 4.79 Å². The molecule has 0 unspecified atom stereocenters. The van der Waals surface area contributed by atoms with Crippen LogP contribution >= 0.6 is 11.8 Å². The van der Waals surface area contributed by atoms with Crippen LogP contribution in [0.1, 0.15) is 11.1 Å². The number of thioether (sulfide) groups is 1.